The molecule has 1 unspecified atom stereocenters. The molecule has 4 heteroatoms. The molecule has 1 saturated carbocycles. The van der Waals surface area contributed by atoms with Crippen LogP contribution in [0.25, 0.3) is 0 Å². The molecule has 4 nitrogen and oxygen atoms in total. The van der Waals surface area contributed by atoms with E-state index in [0.29, 0.717) is 25.8 Å². The first kappa shape index (κ1) is 13.6. The van der Waals surface area contributed by atoms with E-state index in [-0.39, 0.29) is 11.9 Å². The van der Waals surface area contributed by atoms with Crippen LogP contribution in [0.2, 0.25) is 0 Å². The average molecular weight is 274 g/mol. The van der Waals surface area contributed by atoms with Gasteiger partial charge in [-0.3, -0.25) is 4.79 Å². The number of ether oxygens (including phenoxy) is 1. The van der Waals surface area contributed by atoms with E-state index in [0.717, 1.165) is 19.4 Å². The first-order valence-electron chi connectivity index (χ1n) is 7.41. The van der Waals surface area contributed by atoms with Crippen LogP contribution in [0.4, 0.5) is 0 Å². The zero-order valence-electron chi connectivity index (χ0n) is 12.0. The van der Waals surface area contributed by atoms with Crippen molar-refractivity contribution in [3.63, 3.8) is 0 Å². The summed E-state index contributed by atoms with van der Waals surface area (Å²) in [5.41, 5.74) is 2.45. The lowest BCUT2D eigenvalue weighted by Crippen LogP contribution is -2.52. The molecule has 0 radical (unpaired) electrons. The van der Waals surface area contributed by atoms with E-state index in [9.17, 15) is 4.79 Å². The van der Waals surface area contributed by atoms with Crippen molar-refractivity contribution in [2.24, 2.45) is 0 Å². The van der Waals surface area contributed by atoms with Gasteiger partial charge in [-0.1, -0.05) is 29.8 Å². The third kappa shape index (κ3) is 3.19. The summed E-state index contributed by atoms with van der Waals surface area (Å²) in [4.78, 5) is 14.7. The molecule has 20 heavy (non-hydrogen) atoms. The van der Waals surface area contributed by atoms with Crippen molar-refractivity contribution in [1.29, 1.82) is 0 Å². The van der Waals surface area contributed by atoms with Crippen LogP contribution in [0.3, 0.4) is 0 Å². The van der Waals surface area contributed by atoms with Crippen molar-refractivity contribution in [2.75, 3.05) is 19.8 Å². The molecular formula is C16H22N2O2. The minimum Gasteiger partial charge on any atom is -0.378 e. The van der Waals surface area contributed by atoms with Crippen LogP contribution < -0.4 is 5.32 Å². The van der Waals surface area contributed by atoms with Crippen molar-refractivity contribution >= 4 is 5.91 Å². The van der Waals surface area contributed by atoms with Gasteiger partial charge in [0.2, 0.25) is 5.91 Å². The van der Waals surface area contributed by atoms with Crippen LogP contribution in [0, 0.1) is 6.92 Å². The monoisotopic (exact) mass is 274 g/mol. The molecule has 0 bridgehead atoms. The lowest BCUT2D eigenvalue weighted by atomic mass is 10.1. The summed E-state index contributed by atoms with van der Waals surface area (Å²) in [5, 5.41) is 3.26. The summed E-state index contributed by atoms with van der Waals surface area (Å²) >= 11 is 0. The lowest BCUT2D eigenvalue weighted by molar-refractivity contribution is -0.137. The fourth-order valence-corrected chi connectivity index (χ4v) is 2.59. The lowest BCUT2D eigenvalue weighted by Gasteiger charge is -2.30. The van der Waals surface area contributed by atoms with Crippen molar-refractivity contribution in [2.45, 2.75) is 38.4 Å². The van der Waals surface area contributed by atoms with E-state index >= 15 is 0 Å². The van der Waals surface area contributed by atoms with Gasteiger partial charge >= 0.3 is 0 Å². The zero-order chi connectivity index (χ0) is 13.9. The van der Waals surface area contributed by atoms with Crippen LogP contribution in [0.15, 0.2) is 24.3 Å². The fourth-order valence-electron chi connectivity index (χ4n) is 2.59. The molecule has 2 fully saturated rings. The highest BCUT2D eigenvalue weighted by Crippen LogP contribution is 2.29. The van der Waals surface area contributed by atoms with Gasteiger partial charge < -0.3 is 15.0 Å². The Morgan fingerprint density at radius 3 is 2.70 bits per heavy atom. The number of morpholine rings is 1. The van der Waals surface area contributed by atoms with Crippen LogP contribution >= 0.6 is 0 Å². The second-order valence-corrected chi connectivity index (χ2v) is 5.76. The Morgan fingerprint density at radius 2 is 2.10 bits per heavy atom. The number of hydrogen-bond acceptors (Lipinski definition) is 3. The summed E-state index contributed by atoms with van der Waals surface area (Å²) in [5.74, 6) is 0.188. The number of aryl methyl sites for hydroxylation is 1. The smallest absolute Gasteiger partial charge is 0.242 e. The highest BCUT2D eigenvalue weighted by molar-refractivity contribution is 5.82. The maximum Gasteiger partial charge on any atom is 0.242 e. The van der Waals surface area contributed by atoms with Gasteiger partial charge in [-0.05, 0) is 25.3 Å². The Labute approximate surface area is 120 Å². The molecule has 3 rings (SSSR count). The van der Waals surface area contributed by atoms with Gasteiger partial charge in [0.25, 0.3) is 0 Å². The molecule has 0 spiro atoms. The molecule has 0 aromatic heterocycles. The molecular weight excluding hydrogens is 252 g/mol. The predicted molar refractivity (Wildman–Crippen MR) is 77.4 cm³/mol. The molecule has 1 saturated heterocycles. The quantitative estimate of drug-likeness (QED) is 0.904. The first-order valence-corrected chi connectivity index (χ1v) is 7.41. The molecule has 2 aliphatic rings. The Morgan fingerprint density at radius 1 is 1.35 bits per heavy atom. The minimum absolute atomic E-state index is 0.171. The van der Waals surface area contributed by atoms with E-state index < -0.39 is 0 Å². The maximum absolute atomic E-state index is 12.6. The average Bonchev–Trinajstić information content (AvgIpc) is 3.31. The molecule has 1 heterocycles. The summed E-state index contributed by atoms with van der Waals surface area (Å²) < 4.78 is 5.41. The number of carbonyl (C=O) groups is 1. The largest absolute Gasteiger partial charge is 0.378 e. The fraction of sp³-hybridized carbons (Fsp3) is 0.562. The van der Waals surface area contributed by atoms with Gasteiger partial charge in [0.15, 0.2) is 0 Å². The van der Waals surface area contributed by atoms with E-state index in [1.54, 1.807) is 0 Å². The van der Waals surface area contributed by atoms with Gasteiger partial charge in [0, 0.05) is 19.1 Å². The van der Waals surface area contributed by atoms with Gasteiger partial charge in [-0.15, -0.1) is 0 Å². The number of nitrogens with zero attached hydrogens (tertiary/aromatic N) is 1. The summed E-state index contributed by atoms with van der Waals surface area (Å²) in [6.07, 6.45) is 2.26. The van der Waals surface area contributed by atoms with Gasteiger partial charge in [0.1, 0.15) is 6.04 Å². The van der Waals surface area contributed by atoms with Crippen LogP contribution in [-0.2, 0) is 16.1 Å². The van der Waals surface area contributed by atoms with Crippen LogP contribution in [0.1, 0.15) is 24.0 Å². The van der Waals surface area contributed by atoms with Gasteiger partial charge in [-0.2, -0.15) is 0 Å². The second kappa shape index (κ2) is 5.94. The number of hydrogen-bond donors (Lipinski definition) is 1. The Bertz CT molecular complexity index is 462. The highest BCUT2D eigenvalue weighted by atomic mass is 16.5. The van der Waals surface area contributed by atoms with Crippen molar-refractivity contribution in [3.8, 4) is 0 Å². The van der Waals surface area contributed by atoms with Gasteiger partial charge in [0.05, 0.1) is 13.2 Å². The first-order chi connectivity index (χ1) is 9.74. The Hall–Kier alpha value is -1.39. The number of nitrogens with one attached hydrogen (secondary N) is 1. The summed E-state index contributed by atoms with van der Waals surface area (Å²) in [6.45, 7) is 4.75. The number of carbonyl (C=O) groups excluding carboxylic acids is 1. The number of benzene rings is 1. The third-order valence-electron chi connectivity index (χ3n) is 3.96. The van der Waals surface area contributed by atoms with Gasteiger partial charge in [-0.25, -0.2) is 0 Å². The van der Waals surface area contributed by atoms with E-state index in [1.165, 1.54) is 11.1 Å². The predicted octanol–water partition coefficient (Wildman–Crippen LogP) is 1.47. The molecule has 1 atom stereocenters. The van der Waals surface area contributed by atoms with E-state index in [1.807, 2.05) is 4.90 Å². The van der Waals surface area contributed by atoms with E-state index in [4.69, 9.17) is 4.74 Å². The van der Waals surface area contributed by atoms with Crippen molar-refractivity contribution < 1.29 is 9.53 Å². The van der Waals surface area contributed by atoms with Crippen molar-refractivity contribution in [3.05, 3.63) is 35.4 Å². The standard InChI is InChI=1S/C16H22N2O2/c1-12-2-4-13(5-3-12)10-18(14-6-7-14)16(19)15-11-20-9-8-17-15/h2-5,14-15,17H,6-11H2,1H3. The third-order valence-corrected chi connectivity index (χ3v) is 3.96. The second-order valence-electron chi connectivity index (χ2n) is 5.76. The Kier molecular flexibility index (Phi) is 4.03. The maximum atomic E-state index is 12.6. The van der Waals surface area contributed by atoms with E-state index in [2.05, 4.69) is 36.5 Å². The highest BCUT2D eigenvalue weighted by Gasteiger charge is 2.36. The molecule has 1 aliphatic heterocycles. The molecule has 1 aromatic carbocycles. The number of rotatable bonds is 4. The Balaban J connectivity index is 1.68. The summed E-state index contributed by atoms with van der Waals surface area (Å²) in [7, 11) is 0. The minimum atomic E-state index is -0.171. The molecule has 108 valence electrons. The molecule has 1 aliphatic carbocycles. The van der Waals surface area contributed by atoms with Crippen molar-refractivity contribution in [1.82, 2.24) is 10.2 Å². The van der Waals surface area contributed by atoms with Crippen LogP contribution in [-0.4, -0.2) is 42.6 Å². The zero-order valence-corrected chi connectivity index (χ0v) is 12.0. The molecule has 1 N–H and O–H groups in total. The SMILES string of the molecule is Cc1ccc(CN(C(=O)C2COCCN2)C2CC2)cc1. The topological polar surface area (TPSA) is 41.6 Å². The normalized spacial score (nSPS) is 22.6. The summed E-state index contributed by atoms with van der Waals surface area (Å²) in [6, 6.07) is 8.69. The molecule has 1 aromatic rings. The van der Waals surface area contributed by atoms with Crippen LogP contribution in [0.5, 0.6) is 0 Å². The number of amides is 1. The molecule has 1 amide bonds.